The van der Waals surface area contributed by atoms with Gasteiger partial charge >= 0.3 is 0 Å². The molecule has 0 saturated heterocycles. The predicted octanol–water partition coefficient (Wildman–Crippen LogP) is 21.4. The van der Waals surface area contributed by atoms with Crippen molar-refractivity contribution in [1.29, 1.82) is 0 Å². The zero-order chi connectivity index (χ0) is 52.6. The van der Waals surface area contributed by atoms with Crippen molar-refractivity contribution in [2.24, 2.45) is 0 Å². The van der Waals surface area contributed by atoms with Gasteiger partial charge in [-0.2, -0.15) is 0 Å². The normalized spacial score (nSPS) is 12.4. The predicted molar refractivity (Wildman–Crippen MR) is 347 cm³/mol. The molecule has 0 unspecified atom stereocenters. The highest BCUT2D eigenvalue weighted by atomic mass is 15.0. The second-order valence-electron chi connectivity index (χ2n) is 22.2. The summed E-state index contributed by atoms with van der Waals surface area (Å²) in [5.74, 6) is 0. The highest BCUT2D eigenvalue weighted by molar-refractivity contribution is 6.44. The second-order valence-corrected chi connectivity index (χ2v) is 22.2. The Hall–Kier alpha value is -10.7. The Morgan fingerprint density at radius 2 is 0.321 bits per heavy atom. The topological polar surface area (TPSA) is 14.8 Å². The van der Waals surface area contributed by atoms with E-state index in [0.29, 0.717) is 0 Å². The Balaban J connectivity index is 1.18. The minimum atomic E-state index is 1.12. The van der Waals surface area contributed by atoms with E-state index in [1.165, 1.54) is 162 Å². The zero-order valence-electron chi connectivity index (χ0n) is 43.8. The number of benzene rings is 16. The van der Waals surface area contributed by atoms with Crippen molar-refractivity contribution in [3.8, 4) is 17.1 Å². The molecule has 0 N–H and O–H groups in total. The number of para-hydroxylation sites is 3. The van der Waals surface area contributed by atoms with E-state index in [1.54, 1.807) is 0 Å². The Bertz CT molecular complexity index is 5370. The molecular formula is C78H45N3. The lowest BCUT2D eigenvalue weighted by Crippen LogP contribution is -1.98. The summed E-state index contributed by atoms with van der Waals surface area (Å²) in [5, 5.41) is 29.9. The highest BCUT2D eigenvalue weighted by Crippen LogP contribution is 2.54. The van der Waals surface area contributed by atoms with Gasteiger partial charge in [-0.25, -0.2) is 0 Å². The maximum Gasteiger partial charge on any atom is 0.0663 e. The van der Waals surface area contributed by atoms with E-state index >= 15 is 0 Å². The van der Waals surface area contributed by atoms with E-state index in [1.807, 2.05) is 0 Å². The summed E-state index contributed by atoms with van der Waals surface area (Å²) in [5.41, 5.74) is 10.4. The van der Waals surface area contributed by atoms with Crippen LogP contribution < -0.4 is 0 Å². The van der Waals surface area contributed by atoms with E-state index in [2.05, 4.69) is 287 Å². The fraction of sp³-hybridized carbons (Fsp3) is 0. The lowest BCUT2D eigenvalue weighted by atomic mass is 9.92. The first-order chi connectivity index (χ1) is 40.2. The number of aromatic nitrogens is 3. The first kappa shape index (κ1) is 43.3. The zero-order valence-corrected chi connectivity index (χ0v) is 43.8. The third-order valence-electron chi connectivity index (χ3n) is 18.2. The summed E-state index contributed by atoms with van der Waals surface area (Å²) < 4.78 is 7.87. The van der Waals surface area contributed by atoms with Crippen LogP contribution in [-0.4, -0.2) is 13.7 Å². The van der Waals surface area contributed by atoms with E-state index < -0.39 is 0 Å². The van der Waals surface area contributed by atoms with Crippen molar-refractivity contribution in [3.63, 3.8) is 0 Å². The maximum absolute atomic E-state index is 2.62. The summed E-state index contributed by atoms with van der Waals surface area (Å²) in [6.45, 7) is 0. The van der Waals surface area contributed by atoms with Crippen LogP contribution in [0.2, 0.25) is 0 Å². The lowest BCUT2D eigenvalue weighted by Gasteiger charge is -2.13. The molecule has 3 aromatic heterocycles. The van der Waals surface area contributed by atoms with Gasteiger partial charge in [0.05, 0.1) is 33.1 Å². The van der Waals surface area contributed by atoms with Crippen LogP contribution in [-0.2, 0) is 0 Å². The quantitative estimate of drug-likeness (QED) is 0.157. The van der Waals surface area contributed by atoms with Crippen LogP contribution in [0.15, 0.2) is 273 Å². The molecule has 0 fully saturated rings. The Morgan fingerprint density at radius 1 is 0.148 bits per heavy atom. The molecule has 0 aliphatic heterocycles. The fourth-order valence-corrected chi connectivity index (χ4v) is 15.0. The molecule has 0 bridgehead atoms. The van der Waals surface area contributed by atoms with Gasteiger partial charge in [0, 0.05) is 49.4 Å². The molecular weight excluding hydrogens is 979 g/mol. The fourth-order valence-electron chi connectivity index (χ4n) is 15.0. The lowest BCUT2D eigenvalue weighted by molar-refractivity contribution is 1.17. The van der Waals surface area contributed by atoms with Crippen molar-refractivity contribution < 1.29 is 0 Å². The summed E-state index contributed by atoms with van der Waals surface area (Å²) in [4.78, 5) is 0. The Labute approximate surface area is 463 Å². The number of nitrogens with zero attached hydrogens (tertiary/aromatic N) is 3. The third-order valence-corrected chi connectivity index (χ3v) is 18.2. The molecule has 19 aromatic rings. The SMILES string of the molecule is c1ccc(-n2c3cc4c5ccccc5c5ccccc5c4cc3c3c2c2c4cc5c6ccccc6c6ccccc6c5cc4n(-c4ccccc4)c2c2c4cc5c6ccccc6c6ccccc6c5cc4n(-c4ccccc4)c32)cc1. The minimum absolute atomic E-state index is 1.12. The van der Waals surface area contributed by atoms with E-state index in [9.17, 15) is 0 Å². The molecule has 3 heteroatoms. The number of fused-ring (bicyclic) bond motifs is 30. The van der Waals surface area contributed by atoms with Crippen molar-refractivity contribution >= 4 is 162 Å². The van der Waals surface area contributed by atoms with Crippen LogP contribution in [0, 0.1) is 0 Å². The Morgan fingerprint density at radius 3 is 0.531 bits per heavy atom. The summed E-state index contributed by atoms with van der Waals surface area (Å²) in [7, 11) is 0. The van der Waals surface area contributed by atoms with Gasteiger partial charge in [0.2, 0.25) is 0 Å². The van der Waals surface area contributed by atoms with Crippen LogP contribution in [0.4, 0.5) is 0 Å². The molecule has 0 spiro atoms. The molecule has 16 aromatic carbocycles. The average Bonchev–Trinajstić information content (AvgIpc) is 2.01. The molecule has 372 valence electrons. The number of hydrogen-bond acceptors (Lipinski definition) is 0. The van der Waals surface area contributed by atoms with Gasteiger partial charge in [0.15, 0.2) is 0 Å². The van der Waals surface area contributed by atoms with Crippen molar-refractivity contribution in [2.75, 3.05) is 0 Å². The second kappa shape index (κ2) is 15.9. The van der Waals surface area contributed by atoms with Gasteiger partial charge < -0.3 is 13.7 Å². The van der Waals surface area contributed by atoms with Crippen molar-refractivity contribution in [1.82, 2.24) is 13.7 Å². The van der Waals surface area contributed by atoms with Crippen LogP contribution in [0.3, 0.4) is 0 Å². The van der Waals surface area contributed by atoms with Gasteiger partial charge in [0.25, 0.3) is 0 Å². The van der Waals surface area contributed by atoms with Gasteiger partial charge in [-0.05, 0) is 170 Å². The molecule has 0 saturated carbocycles. The Kier molecular flexibility index (Phi) is 8.52. The van der Waals surface area contributed by atoms with Crippen LogP contribution in [0.5, 0.6) is 0 Å². The van der Waals surface area contributed by atoms with Crippen molar-refractivity contribution in [2.45, 2.75) is 0 Å². The molecule has 0 aliphatic rings. The maximum atomic E-state index is 2.62. The molecule has 19 rings (SSSR count). The molecule has 81 heavy (non-hydrogen) atoms. The van der Waals surface area contributed by atoms with Gasteiger partial charge in [-0.15, -0.1) is 0 Å². The largest absolute Gasteiger partial charge is 0.308 e. The average molecular weight is 1020 g/mol. The molecule has 3 nitrogen and oxygen atoms in total. The van der Waals surface area contributed by atoms with Gasteiger partial charge in [-0.3, -0.25) is 0 Å². The monoisotopic (exact) mass is 1020 g/mol. The first-order valence-corrected chi connectivity index (χ1v) is 28.2. The minimum Gasteiger partial charge on any atom is -0.308 e. The third kappa shape index (κ3) is 5.66. The summed E-state index contributed by atoms with van der Waals surface area (Å²) in [6.07, 6.45) is 0. The standard InChI is InChI=1S/C78H45N3/c1-4-22-46(23-5-1)79-70-43-64-58-37-19-13-31-52(58)49-28-10-16-34-55(49)61(64)40-67(70)73-76(79)74-68-41-62-56-35-17-11-29-50(56)53-32-14-20-38-59(53)65(62)44-71(68)80(47-24-6-2-7-25-47)78(74)75-69-42-63-57-36-18-12-30-51(57)54-33-15-21-39-60(54)66(63)45-72(69)81(77(73)75)48-26-8-3-9-27-48/h1-45H. The van der Waals surface area contributed by atoms with E-state index in [-0.39, 0.29) is 0 Å². The number of rotatable bonds is 3. The molecule has 0 atom stereocenters. The van der Waals surface area contributed by atoms with Crippen molar-refractivity contribution in [3.05, 3.63) is 273 Å². The van der Waals surface area contributed by atoms with Crippen LogP contribution in [0.25, 0.3) is 179 Å². The summed E-state index contributed by atoms with van der Waals surface area (Å²) >= 11 is 0. The number of hydrogen-bond donors (Lipinski definition) is 0. The van der Waals surface area contributed by atoms with E-state index in [0.717, 1.165) is 17.1 Å². The van der Waals surface area contributed by atoms with E-state index in [4.69, 9.17) is 0 Å². The highest BCUT2D eigenvalue weighted by Gasteiger charge is 2.31. The van der Waals surface area contributed by atoms with Crippen LogP contribution in [0.1, 0.15) is 0 Å². The molecule has 0 aliphatic carbocycles. The van der Waals surface area contributed by atoms with Gasteiger partial charge in [-0.1, -0.05) is 200 Å². The molecule has 3 heterocycles. The first-order valence-electron chi connectivity index (χ1n) is 28.2. The molecule has 0 amide bonds. The summed E-state index contributed by atoms with van der Waals surface area (Å²) in [6, 6.07) is 103. The molecule has 0 radical (unpaired) electrons. The smallest absolute Gasteiger partial charge is 0.0663 e. The van der Waals surface area contributed by atoms with Crippen LogP contribution >= 0.6 is 0 Å². The van der Waals surface area contributed by atoms with Gasteiger partial charge in [0.1, 0.15) is 0 Å².